The molecule has 0 heterocycles. The Morgan fingerprint density at radius 2 is 1.31 bits per heavy atom. The van der Waals surface area contributed by atoms with Gasteiger partial charge in [0, 0.05) is 22.4 Å². The first kappa shape index (κ1) is 17.4. The number of hydrogen-bond acceptors (Lipinski definition) is 2. The van der Waals surface area contributed by atoms with E-state index in [-0.39, 0.29) is 17.0 Å². The van der Waals surface area contributed by atoms with Gasteiger partial charge in [-0.1, -0.05) is 42.5 Å². The Morgan fingerprint density at radius 3 is 1.96 bits per heavy atom. The molecule has 130 valence electrons. The smallest absolute Gasteiger partial charge is 0.255 e. The molecular weight excluding hydrogens is 343 g/mol. The van der Waals surface area contributed by atoms with Gasteiger partial charge in [0.25, 0.3) is 5.91 Å². The third-order valence-corrected chi connectivity index (χ3v) is 3.66. The van der Waals surface area contributed by atoms with Crippen molar-refractivity contribution in [2.24, 2.45) is 0 Å². The molecule has 0 unspecified atom stereocenters. The Hall–Kier alpha value is -3.41. The van der Waals surface area contributed by atoms with Gasteiger partial charge in [0.05, 0.1) is 0 Å². The molecule has 0 radical (unpaired) electrons. The zero-order valence-corrected chi connectivity index (χ0v) is 13.3. The summed E-state index contributed by atoms with van der Waals surface area (Å²) in [5, 5.41) is 2.43. The van der Waals surface area contributed by atoms with Crippen LogP contribution in [0.4, 0.5) is 18.9 Å². The summed E-state index contributed by atoms with van der Waals surface area (Å²) >= 11 is 0. The van der Waals surface area contributed by atoms with E-state index in [0.717, 1.165) is 0 Å². The molecule has 0 saturated carbocycles. The standard InChI is InChI=1S/C20H12F3NO2/c21-16-10-14(11-17(22)18(16)23)20(26)24-15-8-4-7-13(9-15)19(25)12-5-2-1-3-6-12/h1-11H,(H,24,26). The maximum Gasteiger partial charge on any atom is 0.255 e. The van der Waals surface area contributed by atoms with Crippen LogP contribution in [0, 0.1) is 17.5 Å². The van der Waals surface area contributed by atoms with Gasteiger partial charge in [-0.05, 0) is 24.3 Å². The van der Waals surface area contributed by atoms with Crippen molar-refractivity contribution in [3.05, 3.63) is 101 Å². The van der Waals surface area contributed by atoms with Crippen LogP contribution in [0.2, 0.25) is 0 Å². The lowest BCUT2D eigenvalue weighted by Gasteiger charge is -2.08. The molecule has 0 bridgehead atoms. The molecule has 3 aromatic carbocycles. The predicted octanol–water partition coefficient (Wildman–Crippen LogP) is 4.59. The minimum absolute atomic E-state index is 0.236. The van der Waals surface area contributed by atoms with Gasteiger partial charge in [-0.15, -0.1) is 0 Å². The summed E-state index contributed by atoms with van der Waals surface area (Å²) in [5.41, 5.74) is 0.715. The van der Waals surface area contributed by atoms with E-state index in [0.29, 0.717) is 23.3 Å². The molecule has 0 fully saturated rings. The SMILES string of the molecule is O=C(Nc1cccc(C(=O)c2ccccc2)c1)c1cc(F)c(F)c(F)c1. The number of carbonyl (C=O) groups excluding carboxylic acids is 2. The first-order valence-electron chi connectivity index (χ1n) is 7.61. The lowest BCUT2D eigenvalue weighted by atomic mass is 10.0. The quantitative estimate of drug-likeness (QED) is 0.550. The number of nitrogens with one attached hydrogen (secondary N) is 1. The van der Waals surface area contributed by atoms with E-state index in [1.54, 1.807) is 42.5 Å². The summed E-state index contributed by atoms with van der Waals surface area (Å²) in [6.07, 6.45) is 0. The number of benzene rings is 3. The van der Waals surface area contributed by atoms with E-state index in [2.05, 4.69) is 5.32 Å². The van der Waals surface area contributed by atoms with Crippen LogP contribution >= 0.6 is 0 Å². The van der Waals surface area contributed by atoms with Crippen molar-refractivity contribution in [2.75, 3.05) is 5.32 Å². The molecule has 1 N–H and O–H groups in total. The average Bonchev–Trinajstić information content (AvgIpc) is 2.66. The Bertz CT molecular complexity index is 964. The first-order chi connectivity index (χ1) is 12.5. The normalized spacial score (nSPS) is 10.4. The van der Waals surface area contributed by atoms with E-state index in [1.165, 1.54) is 12.1 Å². The number of hydrogen-bond donors (Lipinski definition) is 1. The summed E-state index contributed by atoms with van der Waals surface area (Å²) in [6.45, 7) is 0. The van der Waals surface area contributed by atoms with Crippen molar-refractivity contribution < 1.29 is 22.8 Å². The van der Waals surface area contributed by atoms with Crippen LogP contribution in [-0.4, -0.2) is 11.7 Å². The molecule has 0 aliphatic heterocycles. The molecule has 26 heavy (non-hydrogen) atoms. The summed E-state index contributed by atoms with van der Waals surface area (Å²) < 4.78 is 39.5. The van der Waals surface area contributed by atoms with Crippen molar-refractivity contribution in [1.82, 2.24) is 0 Å². The van der Waals surface area contributed by atoms with Crippen molar-refractivity contribution in [3.63, 3.8) is 0 Å². The second-order valence-corrected chi connectivity index (χ2v) is 5.48. The molecule has 1 amide bonds. The fraction of sp³-hybridized carbons (Fsp3) is 0. The zero-order valence-electron chi connectivity index (χ0n) is 13.3. The fourth-order valence-corrected chi connectivity index (χ4v) is 2.38. The molecule has 0 saturated heterocycles. The molecule has 0 spiro atoms. The molecule has 3 rings (SSSR count). The topological polar surface area (TPSA) is 46.2 Å². The molecule has 6 heteroatoms. The van der Waals surface area contributed by atoms with Crippen LogP contribution in [-0.2, 0) is 0 Å². The third kappa shape index (κ3) is 3.64. The minimum Gasteiger partial charge on any atom is -0.322 e. The van der Waals surface area contributed by atoms with E-state index in [1.807, 2.05) is 0 Å². The van der Waals surface area contributed by atoms with Gasteiger partial charge in [-0.25, -0.2) is 13.2 Å². The van der Waals surface area contributed by atoms with Crippen LogP contribution in [0.25, 0.3) is 0 Å². The van der Waals surface area contributed by atoms with Gasteiger partial charge in [0.1, 0.15) is 0 Å². The highest BCUT2D eigenvalue weighted by Gasteiger charge is 2.16. The van der Waals surface area contributed by atoms with Gasteiger partial charge < -0.3 is 5.32 Å². The van der Waals surface area contributed by atoms with Gasteiger partial charge in [-0.2, -0.15) is 0 Å². The molecule has 3 nitrogen and oxygen atoms in total. The van der Waals surface area contributed by atoms with E-state index < -0.39 is 23.4 Å². The van der Waals surface area contributed by atoms with E-state index in [9.17, 15) is 22.8 Å². The minimum atomic E-state index is -1.64. The van der Waals surface area contributed by atoms with Crippen molar-refractivity contribution in [1.29, 1.82) is 0 Å². The molecule has 0 aliphatic carbocycles. The van der Waals surface area contributed by atoms with E-state index in [4.69, 9.17) is 0 Å². The Balaban J connectivity index is 1.83. The lowest BCUT2D eigenvalue weighted by molar-refractivity contribution is 0.102. The third-order valence-electron chi connectivity index (χ3n) is 3.66. The monoisotopic (exact) mass is 355 g/mol. The summed E-state index contributed by atoms with van der Waals surface area (Å²) in [5.74, 6) is -5.61. The second kappa shape index (κ2) is 7.23. The second-order valence-electron chi connectivity index (χ2n) is 5.48. The number of halogens is 3. The lowest BCUT2D eigenvalue weighted by Crippen LogP contribution is -2.14. The molecule has 0 atom stereocenters. The molecule has 0 aromatic heterocycles. The van der Waals surface area contributed by atoms with Crippen LogP contribution in [0.5, 0.6) is 0 Å². The number of rotatable bonds is 4. The van der Waals surface area contributed by atoms with Crippen LogP contribution in [0.15, 0.2) is 66.7 Å². The zero-order chi connectivity index (χ0) is 18.7. The maximum absolute atomic E-state index is 13.3. The van der Waals surface area contributed by atoms with Gasteiger partial charge >= 0.3 is 0 Å². The highest BCUT2D eigenvalue weighted by Crippen LogP contribution is 2.18. The molecular formula is C20H12F3NO2. The summed E-state index contributed by atoms with van der Waals surface area (Å²) in [6, 6.07) is 15.9. The fourth-order valence-electron chi connectivity index (χ4n) is 2.38. The van der Waals surface area contributed by atoms with E-state index >= 15 is 0 Å². The highest BCUT2D eigenvalue weighted by molar-refractivity contribution is 6.10. The van der Waals surface area contributed by atoms with Crippen LogP contribution in [0.1, 0.15) is 26.3 Å². The Morgan fingerprint density at radius 1 is 0.692 bits per heavy atom. The van der Waals surface area contributed by atoms with Crippen molar-refractivity contribution in [3.8, 4) is 0 Å². The molecule has 0 aliphatic rings. The van der Waals surface area contributed by atoms with Crippen molar-refractivity contribution in [2.45, 2.75) is 0 Å². The average molecular weight is 355 g/mol. The number of ketones is 1. The summed E-state index contributed by atoms with van der Waals surface area (Å²) in [7, 11) is 0. The maximum atomic E-state index is 13.3. The number of anilines is 1. The summed E-state index contributed by atoms with van der Waals surface area (Å²) in [4.78, 5) is 24.6. The van der Waals surface area contributed by atoms with Gasteiger partial charge in [-0.3, -0.25) is 9.59 Å². The van der Waals surface area contributed by atoms with Gasteiger partial charge in [0.15, 0.2) is 23.2 Å². The highest BCUT2D eigenvalue weighted by atomic mass is 19.2. The predicted molar refractivity (Wildman–Crippen MR) is 90.6 cm³/mol. The van der Waals surface area contributed by atoms with Crippen molar-refractivity contribution >= 4 is 17.4 Å². The van der Waals surface area contributed by atoms with Crippen LogP contribution in [0.3, 0.4) is 0 Å². The first-order valence-corrected chi connectivity index (χ1v) is 7.61. The number of amides is 1. The van der Waals surface area contributed by atoms with Crippen LogP contribution < -0.4 is 5.32 Å². The Kier molecular flexibility index (Phi) is 4.84. The molecule has 3 aromatic rings. The largest absolute Gasteiger partial charge is 0.322 e. The number of carbonyl (C=O) groups is 2. The Labute approximate surface area is 147 Å². The van der Waals surface area contributed by atoms with Gasteiger partial charge in [0.2, 0.25) is 0 Å².